The molecule has 1 heterocycles. The molecule has 0 atom stereocenters. The first-order valence-corrected chi connectivity index (χ1v) is 11.5. The molecule has 7 heteroatoms. The number of ether oxygens (including phenoxy) is 2. The molecule has 0 spiro atoms. The molecule has 4 aromatic rings. The van der Waals surface area contributed by atoms with E-state index in [-0.39, 0.29) is 11.7 Å². The van der Waals surface area contributed by atoms with Crippen LogP contribution >= 0.6 is 0 Å². The van der Waals surface area contributed by atoms with Crippen LogP contribution in [0, 0.1) is 5.82 Å². The van der Waals surface area contributed by atoms with Crippen LogP contribution in [0.3, 0.4) is 0 Å². The highest BCUT2D eigenvalue weighted by Crippen LogP contribution is 2.34. The summed E-state index contributed by atoms with van der Waals surface area (Å²) in [6.45, 7) is 2.87. The van der Waals surface area contributed by atoms with Crippen LogP contribution in [0.15, 0.2) is 78.9 Å². The van der Waals surface area contributed by atoms with E-state index in [1.165, 1.54) is 12.1 Å². The third-order valence-electron chi connectivity index (χ3n) is 5.61. The Morgan fingerprint density at radius 1 is 1.00 bits per heavy atom. The molecule has 3 aromatic carbocycles. The summed E-state index contributed by atoms with van der Waals surface area (Å²) in [4.78, 5) is 15.3. The maximum atomic E-state index is 13.5. The van der Waals surface area contributed by atoms with Crippen molar-refractivity contribution in [1.29, 1.82) is 0 Å². The van der Waals surface area contributed by atoms with Crippen molar-refractivity contribution in [3.8, 4) is 28.6 Å². The Balaban J connectivity index is 1.75. The average molecular weight is 474 g/mol. The van der Waals surface area contributed by atoms with Crippen LogP contribution in [0.25, 0.3) is 11.3 Å². The lowest BCUT2D eigenvalue weighted by molar-refractivity contribution is 0.0742. The number of aryl methyl sites for hydroxylation is 1. The minimum Gasteiger partial charge on any atom is -0.497 e. The minimum absolute atomic E-state index is 0.110. The van der Waals surface area contributed by atoms with Crippen LogP contribution in [0.2, 0.25) is 0 Å². The predicted octanol–water partition coefficient (Wildman–Crippen LogP) is 6.08. The van der Waals surface area contributed by atoms with Crippen molar-refractivity contribution < 1.29 is 18.7 Å². The van der Waals surface area contributed by atoms with Gasteiger partial charge in [-0.15, -0.1) is 0 Å². The number of carbonyl (C=O) groups is 1. The smallest absolute Gasteiger partial charge is 0.254 e. The zero-order valence-corrected chi connectivity index (χ0v) is 20.1. The summed E-state index contributed by atoms with van der Waals surface area (Å²) >= 11 is 0. The molecule has 35 heavy (non-hydrogen) atoms. The number of hydrogen-bond acceptors (Lipinski definition) is 4. The molecule has 6 nitrogen and oxygen atoms in total. The van der Waals surface area contributed by atoms with Gasteiger partial charge in [0.15, 0.2) is 0 Å². The number of halogens is 1. The maximum Gasteiger partial charge on any atom is 0.254 e. The highest BCUT2D eigenvalue weighted by atomic mass is 19.1. The third kappa shape index (κ3) is 5.51. The SMILES string of the molecule is CCCN(Cc1c(-c2ccccc2)nn(C)c1Oc1ccc(F)cc1)C(=O)c1cccc(OC)c1. The number of amides is 1. The zero-order valence-electron chi connectivity index (χ0n) is 20.1. The van der Waals surface area contributed by atoms with E-state index >= 15 is 0 Å². The number of benzene rings is 3. The monoisotopic (exact) mass is 473 g/mol. The molecule has 4 rings (SSSR count). The number of rotatable bonds is 9. The van der Waals surface area contributed by atoms with Crippen LogP contribution < -0.4 is 9.47 Å². The number of carbonyl (C=O) groups excluding carboxylic acids is 1. The molecule has 180 valence electrons. The number of nitrogens with zero attached hydrogens (tertiary/aromatic N) is 3. The number of methoxy groups -OCH3 is 1. The van der Waals surface area contributed by atoms with Crippen LogP contribution in [0.5, 0.6) is 17.4 Å². The van der Waals surface area contributed by atoms with E-state index in [1.54, 1.807) is 54.1 Å². The van der Waals surface area contributed by atoms with Gasteiger partial charge in [0, 0.05) is 24.7 Å². The third-order valence-corrected chi connectivity index (χ3v) is 5.61. The van der Waals surface area contributed by atoms with Crippen LogP contribution in [-0.4, -0.2) is 34.2 Å². The van der Waals surface area contributed by atoms with Crippen LogP contribution in [-0.2, 0) is 13.6 Å². The first-order valence-electron chi connectivity index (χ1n) is 11.5. The number of hydrogen-bond donors (Lipinski definition) is 0. The summed E-state index contributed by atoms with van der Waals surface area (Å²) in [6, 6.07) is 22.7. The first kappa shape index (κ1) is 24.0. The second-order valence-electron chi connectivity index (χ2n) is 8.14. The lowest BCUT2D eigenvalue weighted by atomic mass is 10.1. The Kier molecular flexibility index (Phi) is 7.45. The highest BCUT2D eigenvalue weighted by molar-refractivity contribution is 5.94. The molecule has 0 unspecified atom stereocenters. The summed E-state index contributed by atoms with van der Waals surface area (Å²) < 4.78 is 26.6. The van der Waals surface area contributed by atoms with Gasteiger partial charge in [-0.05, 0) is 48.9 Å². The van der Waals surface area contributed by atoms with E-state index in [1.807, 2.05) is 43.3 Å². The van der Waals surface area contributed by atoms with Gasteiger partial charge in [-0.25, -0.2) is 9.07 Å². The van der Waals surface area contributed by atoms with E-state index in [0.29, 0.717) is 36.0 Å². The summed E-state index contributed by atoms with van der Waals surface area (Å²) in [5.74, 6) is 1.15. The molecule has 0 bridgehead atoms. The summed E-state index contributed by atoms with van der Waals surface area (Å²) in [6.07, 6.45) is 0.783. The molecule has 0 aliphatic heterocycles. The largest absolute Gasteiger partial charge is 0.497 e. The number of aromatic nitrogens is 2. The van der Waals surface area contributed by atoms with Gasteiger partial charge in [0.25, 0.3) is 5.91 Å². The lowest BCUT2D eigenvalue weighted by Crippen LogP contribution is -2.31. The van der Waals surface area contributed by atoms with Crippen molar-refractivity contribution in [2.24, 2.45) is 7.05 Å². The Hall–Kier alpha value is -4.13. The van der Waals surface area contributed by atoms with Crippen molar-refractivity contribution in [3.05, 3.63) is 95.8 Å². The second kappa shape index (κ2) is 10.9. The van der Waals surface area contributed by atoms with Gasteiger partial charge in [-0.2, -0.15) is 5.10 Å². The fraction of sp³-hybridized carbons (Fsp3) is 0.214. The van der Waals surface area contributed by atoms with Gasteiger partial charge < -0.3 is 14.4 Å². The maximum absolute atomic E-state index is 13.5. The van der Waals surface area contributed by atoms with E-state index in [9.17, 15) is 9.18 Å². The Labute approximate surface area is 204 Å². The lowest BCUT2D eigenvalue weighted by Gasteiger charge is -2.23. The van der Waals surface area contributed by atoms with Gasteiger partial charge in [-0.1, -0.05) is 43.3 Å². The molecule has 0 N–H and O–H groups in total. The van der Waals surface area contributed by atoms with Crippen LogP contribution in [0.4, 0.5) is 4.39 Å². The molecule has 0 aliphatic carbocycles. The Morgan fingerprint density at radius 2 is 1.74 bits per heavy atom. The molecule has 1 amide bonds. The van der Waals surface area contributed by atoms with E-state index in [2.05, 4.69) is 0 Å². The first-order chi connectivity index (χ1) is 17.0. The summed E-state index contributed by atoms with van der Waals surface area (Å²) in [7, 11) is 3.37. The van der Waals surface area contributed by atoms with Gasteiger partial charge in [0.2, 0.25) is 5.88 Å². The van der Waals surface area contributed by atoms with Crippen molar-refractivity contribution in [2.75, 3.05) is 13.7 Å². The van der Waals surface area contributed by atoms with Crippen molar-refractivity contribution >= 4 is 5.91 Å². The minimum atomic E-state index is -0.342. The van der Waals surface area contributed by atoms with Crippen molar-refractivity contribution in [2.45, 2.75) is 19.9 Å². The van der Waals surface area contributed by atoms with Gasteiger partial charge in [0.1, 0.15) is 23.0 Å². The van der Waals surface area contributed by atoms with Gasteiger partial charge in [0.05, 0.1) is 19.2 Å². The normalized spacial score (nSPS) is 10.7. The summed E-state index contributed by atoms with van der Waals surface area (Å²) in [5.41, 5.74) is 2.96. The summed E-state index contributed by atoms with van der Waals surface area (Å²) in [5, 5.41) is 4.73. The molecule has 1 aromatic heterocycles. The molecule has 0 aliphatic rings. The standard InChI is InChI=1S/C28H28FN3O3/c1-4-17-32(27(33)21-11-8-12-24(18-21)34-3)19-25-26(20-9-6-5-7-10-20)30-31(2)28(25)35-23-15-13-22(29)14-16-23/h5-16,18H,4,17,19H2,1-3H3. The van der Waals surface area contributed by atoms with Gasteiger partial charge >= 0.3 is 0 Å². The molecular weight excluding hydrogens is 445 g/mol. The van der Waals surface area contributed by atoms with Gasteiger partial charge in [-0.3, -0.25) is 4.79 Å². The van der Waals surface area contributed by atoms with Crippen molar-refractivity contribution in [3.63, 3.8) is 0 Å². The molecule has 0 fully saturated rings. The highest BCUT2D eigenvalue weighted by Gasteiger charge is 2.25. The Morgan fingerprint density at radius 3 is 2.43 bits per heavy atom. The van der Waals surface area contributed by atoms with E-state index in [0.717, 1.165) is 23.2 Å². The molecule has 0 saturated heterocycles. The molecule has 0 saturated carbocycles. The average Bonchev–Trinajstić information content (AvgIpc) is 3.19. The Bertz CT molecular complexity index is 1290. The molecular formula is C28H28FN3O3. The van der Waals surface area contributed by atoms with Crippen molar-refractivity contribution in [1.82, 2.24) is 14.7 Å². The van der Waals surface area contributed by atoms with E-state index < -0.39 is 0 Å². The van der Waals surface area contributed by atoms with E-state index in [4.69, 9.17) is 14.6 Å². The zero-order chi connectivity index (χ0) is 24.8. The fourth-order valence-corrected chi connectivity index (χ4v) is 3.92. The second-order valence-corrected chi connectivity index (χ2v) is 8.14. The molecule has 0 radical (unpaired) electrons. The predicted molar refractivity (Wildman–Crippen MR) is 133 cm³/mol. The quantitative estimate of drug-likeness (QED) is 0.296. The topological polar surface area (TPSA) is 56.6 Å². The fourth-order valence-electron chi connectivity index (χ4n) is 3.92. The van der Waals surface area contributed by atoms with Crippen LogP contribution in [0.1, 0.15) is 29.3 Å².